The highest BCUT2D eigenvalue weighted by molar-refractivity contribution is 5.26. The van der Waals surface area contributed by atoms with Crippen LogP contribution in [0.3, 0.4) is 0 Å². The molecule has 1 aromatic carbocycles. The van der Waals surface area contributed by atoms with Crippen LogP contribution < -0.4 is 4.74 Å². The second kappa shape index (κ2) is 6.25. The van der Waals surface area contributed by atoms with Crippen molar-refractivity contribution in [3.8, 4) is 5.75 Å². The van der Waals surface area contributed by atoms with E-state index in [1.807, 2.05) is 12.1 Å². The lowest BCUT2D eigenvalue weighted by molar-refractivity contribution is 0.325. The van der Waals surface area contributed by atoms with Crippen molar-refractivity contribution in [2.24, 2.45) is 0 Å². The number of aryl methyl sites for hydroxylation is 1. The van der Waals surface area contributed by atoms with Crippen LogP contribution >= 0.6 is 0 Å². The second-order valence-electron chi connectivity index (χ2n) is 3.33. The van der Waals surface area contributed by atoms with E-state index in [1.54, 1.807) is 0 Å². The van der Waals surface area contributed by atoms with E-state index in [1.165, 1.54) is 5.56 Å². The highest BCUT2D eigenvalue weighted by Gasteiger charge is 1.90. The Morgan fingerprint density at radius 3 is 2.50 bits per heavy atom. The Kier molecular flexibility index (Phi) is 4.84. The van der Waals surface area contributed by atoms with Crippen LogP contribution in [-0.2, 0) is 0 Å². The summed E-state index contributed by atoms with van der Waals surface area (Å²) in [4.78, 5) is 0. The molecule has 0 heterocycles. The molecule has 0 aromatic heterocycles. The van der Waals surface area contributed by atoms with Gasteiger partial charge in [-0.3, -0.25) is 0 Å². The van der Waals surface area contributed by atoms with E-state index in [4.69, 9.17) is 4.74 Å². The minimum absolute atomic E-state index is 0.763. The summed E-state index contributed by atoms with van der Waals surface area (Å²) in [5, 5.41) is 0. The molecule has 76 valence electrons. The van der Waals surface area contributed by atoms with Gasteiger partial charge in [0.15, 0.2) is 0 Å². The summed E-state index contributed by atoms with van der Waals surface area (Å²) in [5.74, 6) is 0.959. The molecule has 1 rings (SSSR count). The number of hydrogen-bond acceptors (Lipinski definition) is 1. The van der Waals surface area contributed by atoms with Gasteiger partial charge in [-0.2, -0.15) is 0 Å². The SMILES string of the molecule is CC/C=C\CCOc1ccc(C)cc1. The summed E-state index contributed by atoms with van der Waals surface area (Å²) in [5.41, 5.74) is 1.27. The lowest BCUT2D eigenvalue weighted by Gasteiger charge is -2.03. The summed E-state index contributed by atoms with van der Waals surface area (Å²) in [6.07, 6.45) is 6.42. The maximum atomic E-state index is 5.56. The summed E-state index contributed by atoms with van der Waals surface area (Å²) in [7, 11) is 0. The first-order valence-corrected chi connectivity index (χ1v) is 5.17. The number of benzene rings is 1. The van der Waals surface area contributed by atoms with Crippen LogP contribution in [0.25, 0.3) is 0 Å². The second-order valence-corrected chi connectivity index (χ2v) is 3.33. The van der Waals surface area contributed by atoms with Gasteiger partial charge in [-0.15, -0.1) is 0 Å². The Labute approximate surface area is 86.4 Å². The summed E-state index contributed by atoms with van der Waals surface area (Å²) < 4.78 is 5.56. The Hall–Kier alpha value is -1.24. The first-order chi connectivity index (χ1) is 6.83. The van der Waals surface area contributed by atoms with Crippen molar-refractivity contribution in [2.75, 3.05) is 6.61 Å². The predicted molar refractivity (Wildman–Crippen MR) is 60.7 cm³/mol. The molecule has 0 spiro atoms. The van der Waals surface area contributed by atoms with E-state index in [2.05, 4.69) is 38.1 Å². The van der Waals surface area contributed by atoms with Gasteiger partial charge in [0.2, 0.25) is 0 Å². The van der Waals surface area contributed by atoms with Crippen LogP contribution in [0.5, 0.6) is 5.75 Å². The highest BCUT2D eigenvalue weighted by atomic mass is 16.5. The van der Waals surface area contributed by atoms with Crippen LogP contribution in [0.4, 0.5) is 0 Å². The maximum absolute atomic E-state index is 5.56. The third-order valence-corrected chi connectivity index (χ3v) is 1.98. The van der Waals surface area contributed by atoms with Gasteiger partial charge in [-0.1, -0.05) is 36.8 Å². The van der Waals surface area contributed by atoms with Crippen LogP contribution in [0.2, 0.25) is 0 Å². The molecule has 0 atom stereocenters. The lowest BCUT2D eigenvalue weighted by atomic mass is 10.2. The average Bonchev–Trinajstić information content (AvgIpc) is 2.21. The first-order valence-electron chi connectivity index (χ1n) is 5.17. The van der Waals surface area contributed by atoms with Crippen LogP contribution in [0.1, 0.15) is 25.3 Å². The van der Waals surface area contributed by atoms with Crippen molar-refractivity contribution in [2.45, 2.75) is 26.7 Å². The quantitative estimate of drug-likeness (QED) is 0.508. The fourth-order valence-electron chi connectivity index (χ4n) is 1.16. The molecule has 0 radical (unpaired) electrons. The van der Waals surface area contributed by atoms with Gasteiger partial charge >= 0.3 is 0 Å². The van der Waals surface area contributed by atoms with E-state index < -0.39 is 0 Å². The molecule has 0 amide bonds. The third-order valence-electron chi connectivity index (χ3n) is 1.98. The molecule has 0 N–H and O–H groups in total. The van der Waals surface area contributed by atoms with E-state index in [0.29, 0.717) is 0 Å². The molecular weight excluding hydrogens is 172 g/mol. The number of ether oxygens (including phenoxy) is 1. The Morgan fingerprint density at radius 1 is 1.14 bits per heavy atom. The summed E-state index contributed by atoms with van der Waals surface area (Å²) in [6, 6.07) is 8.16. The predicted octanol–water partition coefficient (Wildman–Crippen LogP) is 3.73. The van der Waals surface area contributed by atoms with E-state index in [-0.39, 0.29) is 0 Å². The van der Waals surface area contributed by atoms with Gasteiger partial charge in [-0.25, -0.2) is 0 Å². The molecular formula is C13H18O. The molecule has 1 nitrogen and oxygen atoms in total. The average molecular weight is 190 g/mol. The monoisotopic (exact) mass is 190 g/mol. The minimum atomic E-state index is 0.763. The Morgan fingerprint density at radius 2 is 1.86 bits per heavy atom. The molecule has 0 aliphatic carbocycles. The smallest absolute Gasteiger partial charge is 0.119 e. The largest absolute Gasteiger partial charge is 0.493 e. The minimum Gasteiger partial charge on any atom is -0.493 e. The van der Waals surface area contributed by atoms with Gasteiger partial charge in [0, 0.05) is 0 Å². The zero-order chi connectivity index (χ0) is 10.2. The van der Waals surface area contributed by atoms with Gasteiger partial charge in [0.25, 0.3) is 0 Å². The molecule has 14 heavy (non-hydrogen) atoms. The van der Waals surface area contributed by atoms with Crippen molar-refractivity contribution in [1.29, 1.82) is 0 Å². The lowest BCUT2D eigenvalue weighted by Crippen LogP contribution is -1.95. The van der Waals surface area contributed by atoms with Gasteiger partial charge < -0.3 is 4.74 Å². The molecule has 0 saturated carbocycles. The van der Waals surface area contributed by atoms with E-state index in [0.717, 1.165) is 25.2 Å². The van der Waals surface area contributed by atoms with Crippen LogP contribution in [0, 0.1) is 6.92 Å². The molecule has 0 fully saturated rings. The third kappa shape index (κ3) is 4.13. The van der Waals surface area contributed by atoms with E-state index in [9.17, 15) is 0 Å². The Bertz CT molecular complexity index is 272. The van der Waals surface area contributed by atoms with Crippen molar-refractivity contribution in [1.82, 2.24) is 0 Å². The van der Waals surface area contributed by atoms with E-state index >= 15 is 0 Å². The molecule has 0 aliphatic heterocycles. The number of hydrogen-bond donors (Lipinski definition) is 0. The topological polar surface area (TPSA) is 9.23 Å². The standard InChI is InChI=1S/C13H18O/c1-3-4-5-6-11-14-13-9-7-12(2)8-10-13/h4-5,7-10H,3,6,11H2,1-2H3/b5-4-. The summed E-state index contributed by atoms with van der Waals surface area (Å²) in [6.45, 7) is 4.98. The normalized spacial score (nSPS) is 10.7. The van der Waals surface area contributed by atoms with Crippen LogP contribution in [-0.4, -0.2) is 6.61 Å². The fraction of sp³-hybridized carbons (Fsp3) is 0.385. The van der Waals surface area contributed by atoms with Crippen molar-refractivity contribution in [3.05, 3.63) is 42.0 Å². The fourth-order valence-corrected chi connectivity index (χ4v) is 1.16. The first kappa shape index (κ1) is 10.8. The molecule has 0 unspecified atom stereocenters. The summed E-state index contributed by atoms with van der Waals surface area (Å²) >= 11 is 0. The molecule has 0 aliphatic rings. The zero-order valence-corrected chi connectivity index (χ0v) is 8.99. The van der Waals surface area contributed by atoms with Crippen LogP contribution in [0.15, 0.2) is 36.4 Å². The zero-order valence-electron chi connectivity index (χ0n) is 8.99. The van der Waals surface area contributed by atoms with Gasteiger partial charge in [0.05, 0.1) is 6.61 Å². The van der Waals surface area contributed by atoms with Gasteiger partial charge in [0.1, 0.15) is 5.75 Å². The Balaban J connectivity index is 2.25. The maximum Gasteiger partial charge on any atom is 0.119 e. The number of allylic oxidation sites excluding steroid dienone is 1. The van der Waals surface area contributed by atoms with Crippen molar-refractivity contribution < 1.29 is 4.74 Å². The highest BCUT2D eigenvalue weighted by Crippen LogP contribution is 2.11. The molecule has 1 heteroatoms. The molecule has 1 aromatic rings. The number of rotatable bonds is 5. The molecule has 0 bridgehead atoms. The molecule has 0 saturated heterocycles. The van der Waals surface area contributed by atoms with Crippen molar-refractivity contribution >= 4 is 0 Å². The van der Waals surface area contributed by atoms with Gasteiger partial charge in [-0.05, 0) is 31.9 Å². The van der Waals surface area contributed by atoms with Crippen molar-refractivity contribution in [3.63, 3.8) is 0 Å².